The Labute approximate surface area is 131 Å². The molecule has 2 unspecified atom stereocenters. The minimum absolute atomic E-state index is 0.0374. The SMILES string of the molecule is COC(=O)C1CN(C(=O)c2cc(I)ccc2O)CC1C. The summed E-state index contributed by atoms with van der Waals surface area (Å²) in [5, 5.41) is 9.81. The van der Waals surface area contributed by atoms with Gasteiger partial charge in [-0.3, -0.25) is 9.59 Å². The highest BCUT2D eigenvalue weighted by Crippen LogP contribution is 2.28. The minimum atomic E-state index is -0.297. The van der Waals surface area contributed by atoms with E-state index < -0.39 is 0 Å². The maximum absolute atomic E-state index is 12.4. The van der Waals surface area contributed by atoms with Crippen molar-refractivity contribution in [2.75, 3.05) is 20.2 Å². The number of hydrogen-bond acceptors (Lipinski definition) is 4. The average Bonchev–Trinajstić information content (AvgIpc) is 2.82. The lowest BCUT2D eigenvalue weighted by molar-refractivity contribution is -0.146. The van der Waals surface area contributed by atoms with E-state index in [4.69, 9.17) is 4.74 Å². The predicted molar refractivity (Wildman–Crippen MR) is 81.4 cm³/mol. The largest absolute Gasteiger partial charge is 0.507 e. The third-order valence-corrected chi connectivity index (χ3v) is 4.26. The van der Waals surface area contributed by atoms with Gasteiger partial charge >= 0.3 is 5.97 Å². The quantitative estimate of drug-likeness (QED) is 0.620. The molecule has 108 valence electrons. The van der Waals surface area contributed by atoms with Gasteiger partial charge in [-0.1, -0.05) is 6.92 Å². The van der Waals surface area contributed by atoms with E-state index in [-0.39, 0.29) is 35.0 Å². The number of amides is 1. The average molecular weight is 389 g/mol. The van der Waals surface area contributed by atoms with Gasteiger partial charge in [0.15, 0.2) is 0 Å². The number of phenols is 1. The van der Waals surface area contributed by atoms with Gasteiger partial charge in [0, 0.05) is 16.7 Å². The minimum Gasteiger partial charge on any atom is -0.507 e. The van der Waals surface area contributed by atoms with Gasteiger partial charge in [0.25, 0.3) is 5.91 Å². The molecule has 2 rings (SSSR count). The smallest absolute Gasteiger partial charge is 0.310 e. The Balaban J connectivity index is 2.19. The molecule has 0 aliphatic carbocycles. The number of hydrogen-bond donors (Lipinski definition) is 1. The van der Waals surface area contributed by atoms with Gasteiger partial charge in [-0.2, -0.15) is 0 Å². The van der Waals surface area contributed by atoms with Crippen LogP contribution in [0.1, 0.15) is 17.3 Å². The van der Waals surface area contributed by atoms with Crippen molar-refractivity contribution in [1.82, 2.24) is 4.90 Å². The first-order valence-corrected chi connectivity index (χ1v) is 7.37. The predicted octanol–water partition coefficient (Wildman–Crippen LogP) is 1.88. The van der Waals surface area contributed by atoms with E-state index in [1.54, 1.807) is 17.0 Å². The van der Waals surface area contributed by atoms with Crippen LogP contribution in [0.4, 0.5) is 0 Å². The molecule has 1 amide bonds. The fourth-order valence-corrected chi connectivity index (χ4v) is 2.93. The number of carbonyl (C=O) groups is 2. The molecule has 0 radical (unpaired) electrons. The zero-order chi connectivity index (χ0) is 14.9. The Hall–Kier alpha value is -1.31. The van der Waals surface area contributed by atoms with Crippen LogP contribution < -0.4 is 0 Å². The van der Waals surface area contributed by atoms with Crippen molar-refractivity contribution < 1.29 is 19.4 Å². The molecule has 0 aromatic heterocycles. The molecule has 5 nitrogen and oxygen atoms in total. The third kappa shape index (κ3) is 2.89. The van der Waals surface area contributed by atoms with Gasteiger partial charge in [0.2, 0.25) is 0 Å². The van der Waals surface area contributed by atoms with Gasteiger partial charge in [-0.05, 0) is 46.7 Å². The van der Waals surface area contributed by atoms with Crippen LogP contribution in [0.25, 0.3) is 0 Å². The standard InChI is InChI=1S/C14H16INO4/c1-8-6-16(7-11(8)14(19)20-2)13(18)10-5-9(15)3-4-12(10)17/h3-5,8,11,17H,6-7H2,1-2H3. The number of ether oxygens (including phenoxy) is 1. The van der Waals surface area contributed by atoms with Crippen LogP contribution in [-0.2, 0) is 9.53 Å². The van der Waals surface area contributed by atoms with Crippen LogP contribution in [0.5, 0.6) is 5.75 Å². The highest BCUT2D eigenvalue weighted by Gasteiger charge is 2.38. The summed E-state index contributed by atoms with van der Waals surface area (Å²) in [5.74, 6) is -0.825. The summed E-state index contributed by atoms with van der Waals surface area (Å²) >= 11 is 2.09. The highest BCUT2D eigenvalue weighted by atomic mass is 127. The molecule has 6 heteroatoms. The summed E-state index contributed by atoms with van der Waals surface area (Å²) in [6, 6.07) is 4.89. The molecular weight excluding hydrogens is 373 g/mol. The molecule has 1 fully saturated rings. The second kappa shape index (κ2) is 5.99. The molecule has 1 aromatic carbocycles. The molecule has 0 saturated carbocycles. The maximum atomic E-state index is 12.4. The Morgan fingerprint density at radius 2 is 2.10 bits per heavy atom. The van der Waals surface area contributed by atoms with E-state index in [0.29, 0.717) is 13.1 Å². The van der Waals surface area contributed by atoms with Crippen LogP contribution in [-0.4, -0.2) is 42.1 Å². The number of likely N-dealkylation sites (tertiary alicyclic amines) is 1. The molecule has 1 aliphatic heterocycles. The van der Waals surface area contributed by atoms with Crippen molar-refractivity contribution in [1.29, 1.82) is 0 Å². The lowest BCUT2D eigenvalue weighted by atomic mass is 9.99. The lowest BCUT2D eigenvalue weighted by Crippen LogP contribution is -2.30. The van der Waals surface area contributed by atoms with Crippen LogP contribution in [0, 0.1) is 15.4 Å². The molecule has 1 saturated heterocycles. The number of aromatic hydroxyl groups is 1. The van der Waals surface area contributed by atoms with E-state index in [1.165, 1.54) is 13.2 Å². The number of benzene rings is 1. The van der Waals surface area contributed by atoms with Crippen LogP contribution in [0.3, 0.4) is 0 Å². The molecule has 0 bridgehead atoms. The Morgan fingerprint density at radius 3 is 2.75 bits per heavy atom. The van der Waals surface area contributed by atoms with Crippen molar-refractivity contribution in [2.24, 2.45) is 11.8 Å². The molecule has 20 heavy (non-hydrogen) atoms. The van der Waals surface area contributed by atoms with Crippen molar-refractivity contribution in [3.8, 4) is 5.75 Å². The zero-order valence-electron chi connectivity index (χ0n) is 11.3. The zero-order valence-corrected chi connectivity index (χ0v) is 13.5. The van der Waals surface area contributed by atoms with Crippen molar-refractivity contribution >= 4 is 34.5 Å². The third-order valence-electron chi connectivity index (χ3n) is 3.59. The second-order valence-corrected chi connectivity index (χ2v) is 6.22. The molecule has 2 atom stereocenters. The maximum Gasteiger partial charge on any atom is 0.310 e. The highest BCUT2D eigenvalue weighted by molar-refractivity contribution is 14.1. The molecular formula is C14H16INO4. The first-order chi connectivity index (χ1) is 9.43. The summed E-state index contributed by atoms with van der Waals surface area (Å²) in [6.45, 7) is 2.74. The van der Waals surface area contributed by atoms with Gasteiger partial charge in [0.1, 0.15) is 5.75 Å². The Bertz CT molecular complexity index is 546. The topological polar surface area (TPSA) is 66.8 Å². The van der Waals surface area contributed by atoms with Gasteiger partial charge in [0.05, 0.1) is 18.6 Å². The number of halogens is 1. The Morgan fingerprint density at radius 1 is 1.40 bits per heavy atom. The van der Waals surface area contributed by atoms with E-state index in [2.05, 4.69) is 22.6 Å². The van der Waals surface area contributed by atoms with E-state index in [9.17, 15) is 14.7 Å². The summed E-state index contributed by atoms with van der Waals surface area (Å²) < 4.78 is 5.63. The number of phenolic OH excluding ortho intramolecular Hbond substituents is 1. The molecule has 1 N–H and O–H groups in total. The summed E-state index contributed by atoms with van der Waals surface area (Å²) in [7, 11) is 1.35. The molecule has 0 spiro atoms. The fourth-order valence-electron chi connectivity index (χ4n) is 2.44. The fraction of sp³-hybridized carbons (Fsp3) is 0.429. The number of rotatable bonds is 2. The molecule has 1 heterocycles. The molecule has 1 aromatic rings. The van der Waals surface area contributed by atoms with Crippen LogP contribution in [0.15, 0.2) is 18.2 Å². The number of nitrogens with zero attached hydrogens (tertiary/aromatic N) is 1. The van der Waals surface area contributed by atoms with Crippen molar-refractivity contribution in [3.05, 3.63) is 27.3 Å². The van der Waals surface area contributed by atoms with E-state index >= 15 is 0 Å². The number of carbonyl (C=O) groups excluding carboxylic acids is 2. The van der Waals surface area contributed by atoms with Gasteiger partial charge < -0.3 is 14.7 Å². The monoisotopic (exact) mass is 389 g/mol. The van der Waals surface area contributed by atoms with E-state index in [0.717, 1.165) is 3.57 Å². The number of esters is 1. The lowest BCUT2D eigenvalue weighted by Gasteiger charge is -2.17. The molecule has 1 aliphatic rings. The van der Waals surface area contributed by atoms with Crippen molar-refractivity contribution in [3.63, 3.8) is 0 Å². The normalized spacial score (nSPS) is 21.9. The summed E-state index contributed by atoms with van der Waals surface area (Å²) in [5.41, 5.74) is 0.273. The van der Waals surface area contributed by atoms with Crippen molar-refractivity contribution in [2.45, 2.75) is 6.92 Å². The van der Waals surface area contributed by atoms with Gasteiger partial charge in [-0.15, -0.1) is 0 Å². The summed E-state index contributed by atoms with van der Waals surface area (Å²) in [4.78, 5) is 25.7. The van der Waals surface area contributed by atoms with Crippen LogP contribution >= 0.6 is 22.6 Å². The Kier molecular flexibility index (Phi) is 4.52. The van der Waals surface area contributed by atoms with E-state index in [1.807, 2.05) is 6.92 Å². The van der Waals surface area contributed by atoms with Gasteiger partial charge in [-0.25, -0.2) is 0 Å². The first kappa shape index (κ1) is 15.1. The summed E-state index contributed by atoms with van der Waals surface area (Å²) in [6.07, 6.45) is 0. The second-order valence-electron chi connectivity index (χ2n) is 4.98. The number of methoxy groups -OCH3 is 1. The van der Waals surface area contributed by atoms with Crippen LogP contribution in [0.2, 0.25) is 0 Å². The first-order valence-electron chi connectivity index (χ1n) is 6.29.